The lowest BCUT2D eigenvalue weighted by atomic mass is 9.86. The number of rotatable bonds is 4. The third-order valence-corrected chi connectivity index (χ3v) is 6.80. The van der Waals surface area contributed by atoms with Gasteiger partial charge in [0, 0.05) is 38.3 Å². The second kappa shape index (κ2) is 5.14. The van der Waals surface area contributed by atoms with Gasteiger partial charge in [-0.05, 0) is 12.8 Å². The first-order valence-corrected chi connectivity index (χ1v) is 9.13. The van der Waals surface area contributed by atoms with Crippen LogP contribution in [0, 0.1) is 0 Å². The van der Waals surface area contributed by atoms with Crippen molar-refractivity contribution < 1.29 is 17.9 Å². The van der Waals surface area contributed by atoms with Gasteiger partial charge in [0.25, 0.3) is 0 Å². The summed E-state index contributed by atoms with van der Waals surface area (Å²) >= 11 is 0. The zero-order valence-corrected chi connectivity index (χ0v) is 13.0. The van der Waals surface area contributed by atoms with Crippen molar-refractivity contribution in [1.82, 2.24) is 14.3 Å². The lowest BCUT2D eigenvalue weighted by molar-refractivity contribution is -0.165. The Bertz CT molecular complexity index is 641. The van der Waals surface area contributed by atoms with Crippen molar-refractivity contribution in [3.05, 3.63) is 18.6 Å². The molecule has 0 N–H and O–H groups in total. The Labute approximate surface area is 129 Å². The summed E-state index contributed by atoms with van der Waals surface area (Å²) in [5, 5.41) is -0.153. The molecule has 2 aliphatic heterocycles. The third-order valence-electron chi connectivity index (χ3n) is 4.51. The molecule has 3 heterocycles. The molecule has 0 amide bonds. The van der Waals surface area contributed by atoms with Crippen LogP contribution in [0.4, 0.5) is 0 Å². The highest BCUT2D eigenvalue weighted by Crippen LogP contribution is 2.41. The molecule has 4 rings (SSSR count). The fourth-order valence-corrected chi connectivity index (χ4v) is 5.16. The molecule has 0 radical (unpaired) electrons. The zero-order valence-electron chi connectivity index (χ0n) is 12.2. The Morgan fingerprint density at radius 3 is 2.77 bits per heavy atom. The number of hydrogen-bond acceptors (Lipinski definition) is 6. The number of hydrogen-bond donors (Lipinski definition) is 0. The first-order chi connectivity index (χ1) is 10.6. The van der Waals surface area contributed by atoms with Gasteiger partial charge >= 0.3 is 0 Å². The molecule has 7 nitrogen and oxygen atoms in total. The van der Waals surface area contributed by atoms with Crippen LogP contribution in [-0.4, -0.2) is 59.3 Å². The smallest absolute Gasteiger partial charge is 0.232 e. The van der Waals surface area contributed by atoms with Gasteiger partial charge in [0.1, 0.15) is 6.10 Å². The molecule has 3 aliphatic rings. The second-order valence-corrected chi connectivity index (χ2v) is 8.53. The van der Waals surface area contributed by atoms with Crippen LogP contribution in [0.5, 0.6) is 5.88 Å². The van der Waals surface area contributed by atoms with Crippen molar-refractivity contribution >= 4 is 10.0 Å². The van der Waals surface area contributed by atoms with Crippen molar-refractivity contribution in [3.8, 4) is 5.88 Å². The molecule has 1 aliphatic carbocycles. The Morgan fingerprint density at radius 1 is 1.27 bits per heavy atom. The summed E-state index contributed by atoms with van der Waals surface area (Å²) in [5.74, 6) is 0.506. The molecule has 0 aromatic carbocycles. The molecule has 0 bridgehead atoms. The zero-order chi connectivity index (χ0) is 15.2. The molecule has 1 atom stereocenters. The van der Waals surface area contributed by atoms with E-state index in [0.29, 0.717) is 32.0 Å². The molecular formula is C14H19N3O4S. The molecule has 1 saturated carbocycles. The van der Waals surface area contributed by atoms with Gasteiger partial charge in [-0.2, -0.15) is 4.31 Å². The molecule has 1 unspecified atom stereocenters. The highest BCUT2D eigenvalue weighted by atomic mass is 32.2. The molecule has 8 heteroatoms. The fourth-order valence-electron chi connectivity index (χ4n) is 3.17. The van der Waals surface area contributed by atoms with Gasteiger partial charge in [-0.15, -0.1) is 0 Å². The van der Waals surface area contributed by atoms with Crippen LogP contribution in [0.25, 0.3) is 0 Å². The molecule has 1 spiro atoms. The molecular weight excluding hydrogens is 306 g/mol. The number of aromatic nitrogens is 2. The molecule has 2 saturated heterocycles. The monoisotopic (exact) mass is 325 g/mol. The van der Waals surface area contributed by atoms with E-state index in [2.05, 4.69) is 9.97 Å². The van der Waals surface area contributed by atoms with E-state index in [9.17, 15) is 8.42 Å². The Kier molecular flexibility index (Phi) is 3.35. The lowest BCUT2D eigenvalue weighted by Gasteiger charge is -2.52. The summed E-state index contributed by atoms with van der Waals surface area (Å²) in [6.07, 6.45) is 7.86. The van der Waals surface area contributed by atoms with Crippen LogP contribution in [0.15, 0.2) is 18.6 Å². The second-order valence-electron chi connectivity index (χ2n) is 6.32. The van der Waals surface area contributed by atoms with Crippen LogP contribution >= 0.6 is 0 Å². The van der Waals surface area contributed by atoms with E-state index in [1.807, 2.05) is 0 Å². The summed E-state index contributed by atoms with van der Waals surface area (Å²) in [5.41, 5.74) is -0.382. The van der Waals surface area contributed by atoms with Gasteiger partial charge in [-0.1, -0.05) is 0 Å². The average molecular weight is 325 g/mol. The Morgan fingerprint density at radius 2 is 2.09 bits per heavy atom. The first-order valence-electron chi connectivity index (χ1n) is 7.63. The number of ether oxygens (including phenoxy) is 2. The van der Waals surface area contributed by atoms with E-state index in [1.165, 1.54) is 0 Å². The number of nitrogens with zero attached hydrogens (tertiary/aromatic N) is 3. The maximum absolute atomic E-state index is 12.2. The minimum absolute atomic E-state index is 0.00349. The highest BCUT2D eigenvalue weighted by molar-refractivity contribution is 7.90. The third kappa shape index (κ3) is 2.59. The van der Waals surface area contributed by atoms with Crippen LogP contribution < -0.4 is 4.74 Å². The van der Waals surface area contributed by atoms with E-state index in [-0.39, 0.29) is 17.0 Å². The molecule has 3 fully saturated rings. The van der Waals surface area contributed by atoms with Gasteiger partial charge < -0.3 is 9.47 Å². The predicted molar refractivity (Wildman–Crippen MR) is 77.9 cm³/mol. The molecule has 22 heavy (non-hydrogen) atoms. The Balaban J connectivity index is 1.38. The van der Waals surface area contributed by atoms with E-state index in [1.54, 1.807) is 22.9 Å². The van der Waals surface area contributed by atoms with Gasteiger partial charge in [0.2, 0.25) is 15.9 Å². The van der Waals surface area contributed by atoms with E-state index >= 15 is 0 Å². The normalized spacial score (nSPS) is 28.3. The predicted octanol–water partition coefficient (Wildman–Crippen LogP) is 0.581. The first kappa shape index (κ1) is 14.3. The summed E-state index contributed by atoms with van der Waals surface area (Å²) < 4.78 is 37.7. The highest BCUT2D eigenvalue weighted by Gasteiger charge is 2.55. The Hall–Kier alpha value is -1.25. The van der Waals surface area contributed by atoms with E-state index in [4.69, 9.17) is 9.47 Å². The van der Waals surface area contributed by atoms with Crippen molar-refractivity contribution in [1.29, 1.82) is 0 Å². The topological polar surface area (TPSA) is 81.6 Å². The quantitative estimate of drug-likeness (QED) is 0.805. The van der Waals surface area contributed by atoms with Crippen molar-refractivity contribution in [2.45, 2.75) is 42.6 Å². The maximum Gasteiger partial charge on any atom is 0.232 e. The largest absolute Gasteiger partial charge is 0.473 e. The van der Waals surface area contributed by atoms with Gasteiger partial charge in [-0.25, -0.2) is 13.4 Å². The summed E-state index contributed by atoms with van der Waals surface area (Å²) in [6, 6.07) is 0. The standard InChI is InChI=1S/C14H19N3O4S/c18-22(19,12-1-2-12)17-9-14(10-17)7-11(3-6-20-14)21-13-8-15-4-5-16-13/h4-5,8,11-12H,1-3,6-7,9-10H2. The molecule has 120 valence electrons. The van der Waals surface area contributed by atoms with Gasteiger partial charge in [0.05, 0.1) is 23.7 Å². The molecule has 1 aromatic rings. The van der Waals surface area contributed by atoms with E-state index < -0.39 is 10.0 Å². The van der Waals surface area contributed by atoms with Crippen LogP contribution in [0.1, 0.15) is 25.7 Å². The number of sulfonamides is 1. The van der Waals surface area contributed by atoms with Gasteiger partial charge in [-0.3, -0.25) is 4.98 Å². The van der Waals surface area contributed by atoms with Crippen molar-refractivity contribution in [2.24, 2.45) is 0 Å². The average Bonchev–Trinajstić information content (AvgIpc) is 3.31. The SMILES string of the molecule is O=S(=O)(C1CC1)N1CC2(CC(Oc3cnccn3)CCO2)C1. The molecule has 1 aromatic heterocycles. The fraction of sp³-hybridized carbons (Fsp3) is 0.714. The van der Waals surface area contributed by atoms with Crippen LogP contribution in [-0.2, 0) is 14.8 Å². The minimum Gasteiger partial charge on any atom is -0.473 e. The summed E-state index contributed by atoms with van der Waals surface area (Å²) in [4.78, 5) is 8.10. The van der Waals surface area contributed by atoms with Crippen LogP contribution in [0.2, 0.25) is 0 Å². The van der Waals surface area contributed by atoms with Crippen LogP contribution in [0.3, 0.4) is 0 Å². The minimum atomic E-state index is -3.09. The van der Waals surface area contributed by atoms with E-state index in [0.717, 1.165) is 19.3 Å². The maximum atomic E-state index is 12.2. The van der Waals surface area contributed by atoms with Gasteiger partial charge in [0.15, 0.2) is 0 Å². The summed E-state index contributed by atoms with van der Waals surface area (Å²) in [6.45, 7) is 1.49. The van der Waals surface area contributed by atoms with Crippen molar-refractivity contribution in [3.63, 3.8) is 0 Å². The lowest BCUT2D eigenvalue weighted by Crippen LogP contribution is -2.67. The van der Waals surface area contributed by atoms with Crippen molar-refractivity contribution in [2.75, 3.05) is 19.7 Å². The summed E-state index contributed by atoms with van der Waals surface area (Å²) in [7, 11) is -3.09.